The number of fused-ring (bicyclic) bond motifs is 2. The first-order valence-corrected chi connectivity index (χ1v) is 11.6. The highest BCUT2D eigenvalue weighted by Crippen LogP contribution is 2.29. The summed E-state index contributed by atoms with van der Waals surface area (Å²) in [4.78, 5) is 27.6. The van der Waals surface area contributed by atoms with Crippen molar-refractivity contribution in [1.82, 2.24) is 34.8 Å². The molecule has 1 amide bonds. The zero-order valence-electron chi connectivity index (χ0n) is 19.7. The fourth-order valence-electron chi connectivity index (χ4n) is 4.47. The highest BCUT2D eigenvalue weighted by Gasteiger charge is 2.21. The predicted molar refractivity (Wildman–Crippen MR) is 131 cm³/mol. The van der Waals surface area contributed by atoms with Gasteiger partial charge in [-0.25, -0.2) is 9.50 Å². The number of nitrogens with one attached hydrogen (secondary N) is 3. The molecule has 3 N–H and O–H groups in total. The minimum Gasteiger partial charge on any atom is -0.383 e. The second kappa shape index (κ2) is 9.40. The summed E-state index contributed by atoms with van der Waals surface area (Å²) in [6.07, 6.45) is 9.17. The Bertz CT molecular complexity index is 1310. The molecule has 0 radical (unpaired) electrons. The molecule has 0 spiro atoms. The van der Waals surface area contributed by atoms with Crippen molar-refractivity contribution < 1.29 is 9.53 Å². The van der Waals surface area contributed by atoms with Gasteiger partial charge in [-0.15, -0.1) is 0 Å². The van der Waals surface area contributed by atoms with Crippen molar-refractivity contribution in [3.8, 4) is 11.1 Å². The van der Waals surface area contributed by atoms with Crippen molar-refractivity contribution >= 4 is 28.4 Å². The molecule has 0 unspecified atom stereocenters. The molecule has 4 aromatic heterocycles. The molecule has 4 aromatic rings. The third-order valence-electron chi connectivity index (χ3n) is 6.36. The molecule has 5 rings (SSSR count). The average Bonchev–Trinajstić information content (AvgIpc) is 3.44. The van der Waals surface area contributed by atoms with E-state index in [0.29, 0.717) is 18.1 Å². The van der Waals surface area contributed by atoms with E-state index in [-0.39, 0.29) is 18.0 Å². The first-order chi connectivity index (χ1) is 16.5. The highest BCUT2D eigenvalue weighted by atomic mass is 16.5. The Hall–Kier alpha value is -3.50. The maximum Gasteiger partial charge on any atom is 0.255 e. The number of hydrogen-bond acceptors (Lipinski definition) is 7. The van der Waals surface area contributed by atoms with Crippen molar-refractivity contribution in [2.75, 3.05) is 39.2 Å². The molecule has 1 aliphatic heterocycles. The van der Waals surface area contributed by atoms with Crippen LogP contribution in [0.2, 0.25) is 0 Å². The molecule has 34 heavy (non-hydrogen) atoms. The molecule has 0 saturated carbocycles. The number of methoxy groups -OCH3 is 1. The van der Waals surface area contributed by atoms with E-state index in [4.69, 9.17) is 4.74 Å². The molecule has 10 heteroatoms. The molecular weight excluding hydrogens is 432 g/mol. The second-order valence-electron chi connectivity index (χ2n) is 9.01. The van der Waals surface area contributed by atoms with E-state index in [1.165, 1.54) is 0 Å². The van der Waals surface area contributed by atoms with Gasteiger partial charge < -0.3 is 25.3 Å². The van der Waals surface area contributed by atoms with E-state index in [2.05, 4.69) is 42.6 Å². The molecule has 0 aromatic carbocycles. The summed E-state index contributed by atoms with van der Waals surface area (Å²) in [6.45, 7) is 4.57. The summed E-state index contributed by atoms with van der Waals surface area (Å²) < 4.78 is 6.90. The number of rotatable bonds is 7. The monoisotopic (exact) mass is 462 g/mol. The zero-order chi connectivity index (χ0) is 23.7. The van der Waals surface area contributed by atoms with Crippen LogP contribution < -0.4 is 10.6 Å². The first kappa shape index (κ1) is 22.3. The Balaban J connectivity index is 1.40. The van der Waals surface area contributed by atoms with Crippen molar-refractivity contribution in [3.05, 3.63) is 42.5 Å². The minimum absolute atomic E-state index is 0.0788. The van der Waals surface area contributed by atoms with Crippen LogP contribution in [0.3, 0.4) is 0 Å². The van der Waals surface area contributed by atoms with Gasteiger partial charge in [-0.2, -0.15) is 10.1 Å². The number of aromatic nitrogens is 5. The summed E-state index contributed by atoms with van der Waals surface area (Å²) in [5.41, 5.74) is 4.02. The Labute approximate surface area is 197 Å². The number of aromatic amines is 1. The third kappa shape index (κ3) is 4.46. The van der Waals surface area contributed by atoms with Crippen molar-refractivity contribution in [3.63, 3.8) is 0 Å². The Kier molecular flexibility index (Phi) is 6.16. The highest BCUT2D eigenvalue weighted by molar-refractivity contribution is 6.02. The number of carbonyl (C=O) groups is 1. The van der Waals surface area contributed by atoms with Gasteiger partial charge in [0.15, 0.2) is 0 Å². The number of piperidine rings is 1. The number of H-pyrrole nitrogens is 1. The molecule has 0 aliphatic carbocycles. The normalized spacial score (nSPS) is 16.2. The van der Waals surface area contributed by atoms with E-state index >= 15 is 0 Å². The molecule has 178 valence electrons. The number of pyridine rings is 1. The summed E-state index contributed by atoms with van der Waals surface area (Å²) in [5, 5.41) is 11.7. The van der Waals surface area contributed by atoms with Crippen LogP contribution in [0.15, 0.2) is 36.9 Å². The van der Waals surface area contributed by atoms with Gasteiger partial charge in [0.05, 0.1) is 23.9 Å². The smallest absolute Gasteiger partial charge is 0.255 e. The van der Waals surface area contributed by atoms with Gasteiger partial charge in [0.2, 0.25) is 5.95 Å². The maximum absolute atomic E-state index is 13.0. The van der Waals surface area contributed by atoms with Gasteiger partial charge in [0.25, 0.3) is 5.91 Å². The quantitative estimate of drug-likeness (QED) is 0.387. The number of ether oxygens (including phenoxy) is 1. The lowest BCUT2D eigenvalue weighted by Crippen LogP contribution is -2.43. The number of hydrogen-bond donors (Lipinski definition) is 3. The van der Waals surface area contributed by atoms with Crippen LogP contribution in [0.1, 0.15) is 30.1 Å². The first-order valence-electron chi connectivity index (χ1n) is 11.6. The van der Waals surface area contributed by atoms with Gasteiger partial charge >= 0.3 is 0 Å². The van der Waals surface area contributed by atoms with Crippen LogP contribution in [-0.4, -0.2) is 81.3 Å². The molecule has 5 heterocycles. The summed E-state index contributed by atoms with van der Waals surface area (Å²) in [5.74, 6) is 0.467. The SMILES string of the molecule is COC[C@H](C)Nc1ncc2c(-c3ccn4ncc(C(=O)NC5CCN(C)CC5)c4c3)c[nH]c2n1. The molecule has 1 atom stereocenters. The number of anilines is 1. The van der Waals surface area contributed by atoms with Crippen molar-refractivity contribution in [2.24, 2.45) is 0 Å². The van der Waals surface area contributed by atoms with E-state index in [9.17, 15) is 4.79 Å². The maximum atomic E-state index is 13.0. The van der Waals surface area contributed by atoms with Crippen LogP contribution in [-0.2, 0) is 4.74 Å². The lowest BCUT2D eigenvalue weighted by molar-refractivity contribution is 0.0918. The van der Waals surface area contributed by atoms with Crippen molar-refractivity contribution in [1.29, 1.82) is 0 Å². The van der Waals surface area contributed by atoms with Gasteiger partial charge in [-0.1, -0.05) is 0 Å². The fourth-order valence-corrected chi connectivity index (χ4v) is 4.47. The van der Waals surface area contributed by atoms with Gasteiger partial charge in [0, 0.05) is 48.7 Å². The third-order valence-corrected chi connectivity index (χ3v) is 6.36. The Morgan fingerprint density at radius 3 is 2.94 bits per heavy atom. The van der Waals surface area contributed by atoms with Crippen LogP contribution in [0.25, 0.3) is 27.7 Å². The van der Waals surface area contributed by atoms with Gasteiger partial charge in [-0.3, -0.25) is 4.79 Å². The number of amides is 1. The average molecular weight is 463 g/mol. The van der Waals surface area contributed by atoms with Crippen LogP contribution >= 0.6 is 0 Å². The predicted octanol–water partition coefficient (Wildman–Crippen LogP) is 2.54. The van der Waals surface area contributed by atoms with Crippen molar-refractivity contribution in [2.45, 2.75) is 31.8 Å². The lowest BCUT2D eigenvalue weighted by atomic mass is 10.0. The molecule has 1 fully saturated rings. The van der Waals surface area contributed by atoms with Crippen LogP contribution in [0, 0.1) is 0 Å². The standard InChI is InChI=1S/C24H30N8O2/c1-15(14-34-3)28-24-26-12-19-18(11-25-22(19)30-24)16-4-9-32-21(10-16)20(13-27-32)23(33)29-17-5-7-31(2)8-6-17/h4,9-13,15,17H,5-8,14H2,1-3H3,(H,29,33)(H2,25,26,28,30)/t15-/m0/s1. The van der Waals surface area contributed by atoms with E-state index < -0.39 is 0 Å². The Morgan fingerprint density at radius 1 is 1.32 bits per heavy atom. The summed E-state index contributed by atoms with van der Waals surface area (Å²) in [7, 11) is 3.78. The second-order valence-corrected chi connectivity index (χ2v) is 9.01. The number of carbonyl (C=O) groups excluding carboxylic acids is 1. The van der Waals surface area contributed by atoms with Gasteiger partial charge in [-0.05, 0) is 57.6 Å². The van der Waals surface area contributed by atoms with Crippen LogP contribution in [0.4, 0.5) is 5.95 Å². The molecule has 10 nitrogen and oxygen atoms in total. The fraction of sp³-hybridized carbons (Fsp3) is 0.417. The molecular formula is C24H30N8O2. The lowest BCUT2D eigenvalue weighted by Gasteiger charge is -2.29. The zero-order valence-corrected chi connectivity index (χ0v) is 19.7. The van der Waals surface area contributed by atoms with E-state index in [0.717, 1.165) is 53.6 Å². The van der Waals surface area contributed by atoms with E-state index in [1.807, 2.05) is 37.6 Å². The van der Waals surface area contributed by atoms with Gasteiger partial charge in [0.1, 0.15) is 5.65 Å². The molecule has 1 aliphatic rings. The molecule has 0 bridgehead atoms. The van der Waals surface area contributed by atoms with Crippen LogP contribution in [0.5, 0.6) is 0 Å². The topological polar surface area (TPSA) is 112 Å². The summed E-state index contributed by atoms with van der Waals surface area (Å²) in [6, 6.07) is 4.27. The largest absolute Gasteiger partial charge is 0.383 e. The Morgan fingerprint density at radius 2 is 2.15 bits per heavy atom. The number of nitrogens with zero attached hydrogens (tertiary/aromatic N) is 5. The van der Waals surface area contributed by atoms with E-state index in [1.54, 1.807) is 17.8 Å². The minimum atomic E-state index is -0.0788. The molecule has 1 saturated heterocycles. The summed E-state index contributed by atoms with van der Waals surface area (Å²) >= 11 is 0. The number of likely N-dealkylation sites (tertiary alicyclic amines) is 1.